The van der Waals surface area contributed by atoms with Gasteiger partial charge in [0.05, 0.1) is 5.92 Å². The number of nitrogens with zero attached hydrogens (tertiary/aromatic N) is 1. The molecule has 2 unspecified atom stereocenters. The van der Waals surface area contributed by atoms with E-state index in [0.717, 1.165) is 25.9 Å². The lowest BCUT2D eigenvalue weighted by Gasteiger charge is -2.36. The number of benzene rings is 1. The fourth-order valence-corrected chi connectivity index (χ4v) is 3.22. The maximum absolute atomic E-state index is 12.1. The molecule has 2 rings (SSSR count). The summed E-state index contributed by atoms with van der Waals surface area (Å²) in [5.74, 6) is 0.247. The average Bonchev–Trinajstić information content (AvgIpc) is 2.52. The summed E-state index contributed by atoms with van der Waals surface area (Å²) in [4.78, 5) is 14.5. The van der Waals surface area contributed by atoms with Crippen LogP contribution in [0.25, 0.3) is 0 Å². The Hall–Kier alpha value is -0.660. The highest BCUT2D eigenvalue weighted by atomic mass is 127. The number of hydrogen-bond acceptors (Lipinski definition) is 3. The molecule has 1 amide bonds. The lowest BCUT2D eigenvalue weighted by molar-refractivity contribution is -0.126. The first kappa shape index (κ1) is 16.7. The van der Waals surface area contributed by atoms with E-state index in [9.17, 15) is 4.79 Å². The van der Waals surface area contributed by atoms with Crippen molar-refractivity contribution in [3.05, 3.63) is 33.4 Å². The van der Waals surface area contributed by atoms with Crippen LogP contribution in [-0.4, -0.2) is 37.0 Å². The third-order valence-corrected chi connectivity index (χ3v) is 4.89. The van der Waals surface area contributed by atoms with Gasteiger partial charge in [-0.05, 0) is 66.6 Å². The molecular formula is C16H24IN3O. The number of nitrogens with one attached hydrogen (secondary N) is 1. The van der Waals surface area contributed by atoms with Crippen LogP contribution in [0.15, 0.2) is 24.3 Å². The number of hydrogen-bond donors (Lipinski definition) is 2. The van der Waals surface area contributed by atoms with Gasteiger partial charge in [-0.15, -0.1) is 0 Å². The van der Waals surface area contributed by atoms with Crippen molar-refractivity contribution in [2.24, 2.45) is 11.7 Å². The number of amides is 1. The van der Waals surface area contributed by atoms with Gasteiger partial charge >= 0.3 is 0 Å². The first-order valence-corrected chi connectivity index (χ1v) is 8.67. The summed E-state index contributed by atoms with van der Waals surface area (Å²) >= 11 is 2.32. The van der Waals surface area contributed by atoms with Crippen LogP contribution in [0.3, 0.4) is 0 Å². The van der Waals surface area contributed by atoms with Gasteiger partial charge < -0.3 is 11.1 Å². The smallest absolute Gasteiger partial charge is 0.224 e. The van der Waals surface area contributed by atoms with Gasteiger partial charge in [-0.2, -0.15) is 0 Å². The zero-order valence-electron chi connectivity index (χ0n) is 12.5. The Labute approximate surface area is 140 Å². The van der Waals surface area contributed by atoms with Gasteiger partial charge in [-0.1, -0.05) is 12.1 Å². The van der Waals surface area contributed by atoms with Gasteiger partial charge in [-0.25, -0.2) is 0 Å². The van der Waals surface area contributed by atoms with Crippen molar-refractivity contribution in [3.8, 4) is 0 Å². The summed E-state index contributed by atoms with van der Waals surface area (Å²) < 4.78 is 1.25. The number of likely N-dealkylation sites (tertiary alicyclic amines) is 1. The molecule has 0 spiro atoms. The third-order valence-electron chi connectivity index (χ3n) is 4.17. The van der Waals surface area contributed by atoms with Crippen LogP contribution in [0.1, 0.15) is 31.4 Å². The van der Waals surface area contributed by atoms with Crippen LogP contribution in [0.2, 0.25) is 0 Å². The summed E-state index contributed by atoms with van der Waals surface area (Å²) in [5.41, 5.74) is 6.76. The molecule has 1 aromatic carbocycles. The monoisotopic (exact) mass is 401 g/mol. The second kappa shape index (κ2) is 8.10. The van der Waals surface area contributed by atoms with E-state index in [4.69, 9.17) is 5.73 Å². The Morgan fingerprint density at radius 1 is 1.48 bits per heavy atom. The molecule has 0 aromatic heterocycles. The second-order valence-corrected chi connectivity index (χ2v) is 6.89. The van der Waals surface area contributed by atoms with Crippen molar-refractivity contribution >= 4 is 28.5 Å². The molecule has 0 radical (unpaired) electrons. The van der Waals surface area contributed by atoms with Crippen molar-refractivity contribution in [2.75, 3.05) is 26.2 Å². The van der Waals surface area contributed by atoms with Crippen molar-refractivity contribution in [3.63, 3.8) is 0 Å². The fraction of sp³-hybridized carbons (Fsp3) is 0.562. The normalized spacial score (nSPS) is 21.0. The van der Waals surface area contributed by atoms with E-state index in [1.807, 2.05) is 0 Å². The number of halogens is 1. The molecular weight excluding hydrogens is 377 g/mol. The molecule has 1 heterocycles. The van der Waals surface area contributed by atoms with Crippen LogP contribution in [-0.2, 0) is 4.79 Å². The summed E-state index contributed by atoms with van der Waals surface area (Å²) in [7, 11) is 0. The fourth-order valence-electron chi connectivity index (χ4n) is 2.86. The summed E-state index contributed by atoms with van der Waals surface area (Å²) in [6, 6.07) is 9.01. The van der Waals surface area contributed by atoms with Crippen LogP contribution >= 0.6 is 22.6 Å². The van der Waals surface area contributed by atoms with Crippen molar-refractivity contribution < 1.29 is 4.79 Å². The van der Waals surface area contributed by atoms with E-state index in [1.54, 1.807) is 0 Å². The molecule has 3 N–H and O–H groups in total. The number of rotatable bonds is 5. The molecule has 5 heteroatoms. The molecule has 2 atom stereocenters. The van der Waals surface area contributed by atoms with Crippen LogP contribution in [0.4, 0.5) is 0 Å². The minimum absolute atomic E-state index is 0.0941. The number of carbonyl (C=O) groups is 1. The van der Waals surface area contributed by atoms with E-state index < -0.39 is 0 Å². The van der Waals surface area contributed by atoms with E-state index in [2.05, 4.69) is 64.0 Å². The summed E-state index contributed by atoms with van der Waals surface area (Å²) in [6.45, 7) is 5.20. The number of piperidine rings is 1. The molecule has 1 aliphatic heterocycles. The van der Waals surface area contributed by atoms with Crippen molar-refractivity contribution in [1.29, 1.82) is 0 Å². The maximum atomic E-state index is 12.1. The first-order valence-electron chi connectivity index (χ1n) is 7.59. The van der Waals surface area contributed by atoms with Crippen LogP contribution in [0, 0.1) is 9.49 Å². The predicted molar refractivity (Wildman–Crippen MR) is 93.9 cm³/mol. The Bertz CT molecular complexity index is 463. The van der Waals surface area contributed by atoms with Gasteiger partial charge in [0.2, 0.25) is 5.91 Å². The first-order chi connectivity index (χ1) is 10.1. The molecule has 1 fully saturated rings. The van der Waals surface area contributed by atoms with E-state index in [0.29, 0.717) is 19.1 Å². The molecule has 0 aliphatic carbocycles. The highest BCUT2D eigenvalue weighted by molar-refractivity contribution is 14.1. The molecule has 4 nitrogen and oxygen atoms in total. The number of nitrogens with two attached hydrogens (primary N) is 1. The zero-order valence-corrected chi connectivity index (χ0v) is 14.7. The van der Waals surface area contributed by atoms with Gasteiger partial charge in [-0.3, -0.25) is 9.69 Å². The van der Waals surface area contributed by atoms with Gasteiger partial charge in [0.1, 0.15) is 0 Å². The zero-order chi connectivity index (χ0) is 15.2. The molecule has 116 valence electrons. The Morgan fingerprint density at radius 2 is 2.19 bits per heavy atom. The minimum Gasteiger partial charge on any atom is -0.355 e. The van der Waals surface area contributed by atoms with E-state index >= 15 is 0 Å². The Kier molecular flexibility index (Phi) is 6.44. The van der Waals surface area contributed by atoms with Crippen molar-refractivity contribution in [1.82, 2.24) is 10.2 Å². The lowest BCUT2D eigenvalue weighted by atomic mass is 9.94. The quantitative estimate of drug-likeness (QED) is 0.744. The molecule has 0 bridgehead atoms. The largest absolute Gasteiger partial charge is 0.355 e. The Morgan fingerprint density at radius 3 is 2.86 bits per heavy atom. The lowest BCUT2D eigenvalue weighted by Crippen LogP contribution is -2.44. The van der Waals surface area contributed by atoms with Gasteiger partial charge in [0, 0.05) is 29.2 Å². The molecule has 1 aromatic rings. The molecule has 21 heavy (non-hydrogen) atoms. The number of carbonyl (C=O) groups excluding carboxylic acids is 1. The SMILES string of the molecule is CC(c1ccc(I)cc1)N1CCCC(C(=O)NCCN)C1. The molecule has 0 saturated carbocycles. The topological polar surface area (TPSA) is 58.4 Å². The highest BCUT2D eigenvalue weighted by Gasteiger charge is 2.28. The molecule has 1 aliphatic rings. The highest BCUT2D eigenvalue weighted by Crippen LogP contribution is 2.27. The Balaban J connectivity index is 1.96. The minimum atomic E-state index is 0.0941. The van der Waals surface area contributed by atoms with E-state index in [1.165, 1.54) is 9.13 Å². The van der Waals surface area contributed by atoms with Crippen LogP contribution in [0.5, 0.6) is 0 Å². The van der Waals surface area contributed by atoms with Crippen molar-refractivity contribution in [2.45, 2.75) is 25.8 Å². The summed E-state index contributed by atoms with van der Waals surface area (Å²) in [5, 5.41) is 2.92. The van der Waals surface area contributed by atoms with E-state index in [-0.39, 0.29) is 11.8 Å². The standard InChI is InChI=1S/C16H24IN3O/c1-12(13-4-6-15(17)7-5-13)20-10-2-3-14(11-20)16(21)19-9-8-18/h4-7,12,14H,2-3,8-11,18H2,1H3,(H,19,21). The van der Waals surface area contributed by atoms with Gasteiger partial charge in [0.15, 0.2) is 0 Å². The third kappa shape index (κ3) is 4.66. The maximum Gasteiger partial charge on any atom is 0.224 e. The van der Waals surface area contributed by atoms with Gasteiger partial charge in [0.25, 0.3) is 0 Å². The second-order valence-electron chi connectivity index (χ2n) is 5.64. The van der Waals surface area contributed by atoms with Crippen LogP contribution < -0.4 is 11.1 Å². The average molecular weight is 401 g/mol. The molecule has 1 saturated heterocycles. The predicted octanol–water partition coefficient (Wildman–Crippen LogP) is 2.14. The summed E-state index contributed by atoms with van der Waals surface area (Å²) in [6.07, 6.45) is 2.06.